The highest BCUT2D eigenvalue weighted by molar-refractivity contribution is 5.75. The molecular weight excluding hydrogens is 558 g/mol. The average molecular weight is 596 g/mol. The second-order valence-electron chi connectivity index (χ2n) is 9.49. The van der Waals surface area contributed by atoms with Crippen molar-refractivity contribution in [3.05, 3.63) is 23.3 Å². The van der Waals surface area contributed by atoms with E-state index in [1.54, 1.807) is 12.1 Å². The molecule has 1 aliphatic heterocycles. The predicted molar refractivity (Wildman–Crippen MR) is 142 cm³/mol. The zero-order valence-electron chi connectivity index (χ0n) is 24.9. The molecule has 1 aliphatic rings. The number of amides is 1. The summed E-state index contributed by atoms with van der Waals surface area (Å²) in [6, 6.07) is 2.22. The van der Waals surface area contributed by atoms with Crippen LogP contribution >= 0.6 is 0 Å². The number of hydrogen-bond acceptors (Lipinski definition) is 13. The number of ether oxygens (including phenoxy) is 7. The Bertz CT molecular complexity index is 1200. The van der Waals surface area contributed by atoms with Crippen molar-refractivity contribution in [3.8, 4) is 11.5 Å². The maximum atomic E-state index is 12.9. The Morgan fingerprint density at radius 2 is 1.26 bits per heavy atom. The Balaban J connectivity index is 2.88. The van der Waals surface area contributed by atoms with Gasteiger partial charge in [0.15, 0.2) is 35.9 Å². The molecule has 0 unspecified atom stereocenters. The van der Waals surface area contributed by atoms with Crippen LogP contribution in [-0.4, -0.2) is 92.4 Å². The fourth-order valence-electron chi connectivity index (χ4n) is 4.85. The van der Waals surface area contributed by atoms with Gasteiger partial charge in [0.1, 0.15) is 6.61 Å². The lowest BCUT2D eigenvalue weighted by Gasteiger charge is -2.44. The standard InChI is InChI=1S/C28H37NO13/c1-14(30)29-10-9-20-11-22(36-7)23(37-8)12-21(20)25(29)27(41-18(5)34)28(42-19(6)35)26(40-17(4)33)24(39-16(3)32)13-38-15(2)31/h11-12,24-28H,9-10,13H2,1-8H3/t24-,25+,26+,27+,28-/m0/s1. The molecule has 0 saturated carbocycles. The van der Waals surface area contributed by atoms with Gasteiger partial charge in [0.05, 0.1) is 20.3 Å². The molecule has 0 saturated heterocycles. The monoisotopic (exact) mass is 595 g/mol. The number of carbonyl (C=O) groups is 6. The lowest BCUT2D eigenvalue weighted by Crippen LogP contribution is -2.57. The second-order valence-corrected chi connectivity index (χ2v) is 9.49. The average Bonchev–Trinajstić information content (AvgIpc) is 2.89. The molecule has 0 radical (unpaired) electrons. The highest BCUT2D eigenvalue weighted by Gasteiger charge is 2.50. The van der Waals surface area contributed by atoms with Gasteiger partial charge in [-0.15, -0.1) is 0 Å². The maximum absolute atomic E-state index is 12.9. The number of benzene rings is 1. The van der Waals surface area contributed by atoms with E-state index in [-0.39, 0.29) is 6.54 Å². The molecule has 0 bridgehead atoms. The van der Waals surface area contributed by atoms with E-state index in [1.807, 2.05) is 0 Å². The van der Waals surface area contributed by atoms with Crippen LogP contribution in [0.1, 0.15) is 58.7 Å². The minimum absolute atomic E-state index is 0.173. The van der Waals surface area contributed by atoms with Gasteiger partial charge < -0.3 is 38.1 Å². The van der Waals surface area contributed by atoms with Gasteiger partial charge in [-0.05, 0) is 29.7 Å². The smallest absolute Gasteiger partial charge is 0.303 e. The van der Waals surface area contributed by atoms with Crippen molar-refractivity contribution in [2.75, 3.05) is 27.4 Å². The quantitative estimate of drug-likeness (QED) is 0.251. The van der Waals surface area contributed by atoms with Gasteiger partial charge in [-0.2, -0.15) is 0 Å². The summed E-state index contributed by atoms with van der Waals surface area (Å²) in [5.74, 6) is -3.82. The van der Waals surface area contributed by atoms with Crippen LogP contribution in [0.25, 0.3) is 0 Å². The zero-order chi connectivity index (χ0) is 31.7. The van der Waals surface area contributed by atoms with E-state index in [1.165, 1.54) is 26.0 Å². The maximum Gasteiger partial charge on any atom is 0.303 e. The number of esters is 5. The molecule has 0 spiro atoms. The molecule has 0 N–H and O–H groups in total. The first-order valence-electron chi connectivity index (χ1n) is 13.0. The van der Waals surface area contributed by atoms with Crippen LogP contribution in [0.2, 0.25) is 0 Å². The van der Waals surface area contributed by atoms with Crippen LogP contribution in [0.5, 0.6) is 11.5 Å². The number of fused-ring (bicyclic) bond motifs is 1. The highest BCUT2D eigenvalue weighted by Crippen LogP contribution is 2.42. The van der Waals surface area contributed by atoms with E-state index in [0.717, 1.165) is 40.2 Å². The van der Waals surface area contributed by atoms with E-state index in [4.69, 9.17) is 33.2 Å². The van der Waals surface area contributed by atoms with Crippen molar-refractivity contribution < 1.29 is 61.9 Å². The number of hydrogen-bond donors (Lipinski definition) is 0. The van der Waals surface area contributed by atoms with Crippen LogP contribution in [0, 0.1) is 0 Å². The molecule has 42 heavy (non-hydrogen) atoms. The van der Waals surface area contributed by atoms with Gasteiger partial charge >= 0.3 is 29.8 Å². The van der Waals surface area contributed by atoms with Crippen LogP contribution in [0.3, 0.4) is 0 Å². The molecule has 5 atom stereocenters. The van der Waals surface area contributed by atoms with Gasteiger partial charge in [0, 0.05) is 48.1 Å². The molecule has 2 rings (SSSR count). The Kier molecular flexibility index (Phi) is 12.1. The lowest BCUT2D eigenvalue weighted by atomic mass is 9.84. The molecule has 1 aromatic carbocycles. The molecule has 1 heterocycles. The minimum Gasteiger partial charge on any atom is -0.493 e. The lowest BCUT2D eigenvalue weighted by molar-refractivity contribution is -0.208. The van der Waals surface area contributed by atoms with E-state index >= 15 is 0 Å². The van der Waals surface area contributed by atoms with Gasteiger partial charge in [-0.1, -0.05) is 0 Å². The molecule has 0 fully saturated rings. The molecule has 1 amide bonds. The molecule has 14 heteroatoms. The topological polar surface area (TPSA) is 170 Å². The minimum atomic E-state index is -1.67. The summed E-state index contributed by atoms with van der Waals surface area (Å²) < 4.78 is 38.2. The molecule has 0 aromatic heterocycles. The molecular formula is C28H37NO13. The fraction of sp³-hybridized carbons (Fsp3) is 0.571. The third-order valence-electron chi connectivity index (χ3n) is 6.33. The Labute approximate surface area is 243 Å². The van der Waals surface area contributed by atoms with Crippen LogP contribution < -0.4 is 9.47 Å². The number of carbonyl (C=O) groups excluding carboxylic acids is 6. The first-order valence-corrected chi connectivity index (χ1v) is 13.0. The molecule has 14 nitrogen and oxygen atoms in total. The summed E-state index contributed by atoms with van der Waals surface area (Å²) in [4.78, 5) is 75.3. The van der Waals surface area contributed by atoms with Gasteiger partial charge in [-0.3, -0.25) is 28.8 Å². The summed E-state index contributed by atoms with van der Waals surface area (Å²) >= 11 is 0. The number of nitrogens with zero attached hydrogens (tertiary/aromatic N) is 1. The molecule has 0 aliphatic carbocycles. The molecule has 1 aromatic rings. The Hall–Kier alpha value is -4.36. The summed E-state index contributed by atoms with van der Waals surface area (Å²) in [6.07, 6.45) is -5.95. The number of methoxy groups -OCH3 is 2. The highest BCUT2D eigenvalue weighted by atomic mass is 16.6. The SMILES string of the molecule is COc1cc2c(cc1OC)[C@H]([C@@H](OC(C)=O)[C@@H](OC(C)=O)[C@H](OC(C)=O)[C@H](COC(C)=O)OC(C)=O)N(C(C)=O)CC2. The van der Waals surface area contributed by atoms with Gasteiger partial charge in [-0.25, -0.2) is 0 Å². The largest absolute Gasteiger partial charge is 0.493 e. The van der Waals surface area contributed by atoms with E-state index < -0.39 is 72.8 Å². The van der Waals surface area contributed by atoms with Crippen molar-refractivity contribution in [3.63, 3.8) is 0 Å². The van der Waals surface area contributed by atoms with Crippen LogP contribution in [0.15, 0.2) is 12.1 Å². The van der Waals surface area contributed by atoms with Crippen LogP contribution in [-0.2, 0) is 58.9 Å². The Morgan fingerprint density at radius 3 is 1.74 bits per heavy atom. The summed E-state index contributed by atoms with van der Waals surface area (Å²) in [7, 11) is 2.89. The van der Waals surface area contributed by atoms with E-state index in [9.17, 15) is 28.8 Å². The van der Waals surface area contributed by atoms with Gasteiger partial charge in [0.2, 0.25) is 5.91 Å². The van der Waals surface area contributed by atoms with Crippen LogP contribution in [0.4, 0.5) is 0 Å². The summed E-state index contributed by atoms with van der Waals surface area (Å²) in [5, 5.41) is 0. The summed E-state index contributed by atoms with van der Waals surface area (Å²) in [6.45, 7) is 6.32. The predicted octanol–water partition coefficient (Wildman–Crippen LogP) is 1.44. The second kappa shape index (κ2) is 15.0. The van der Waals surface area contributed by atoms with Crippen molar-refractivity contribution >= 4 is 35.8 Å². The Morgan fingerprint density at radius 1 is 0.738 bits per heavy atom. The number of rotatable bonds is 12. The first-order chi connectivity index (χ1) is 19.7. The van der Waals surface area contributed by atoms with E-state index in [0.29, 0.717) is 23.5 Å². The van der Waals surface area contributed by atoms with Crippen molar-refractivity contribution in [1.82, 2.24) is 4.90 Å². The fourth-order valence-corrected chi connectivity index (χ4v) is 4.85. The normalized spacial score (nSPS) is 16.9. The van der Waals surface area contributed by atoms with Crippen molar-refractivity contribution in [2.45, 2.75) is 78.4 Å². The summed E-state index contributed by atoms with van der Waals surface area (Å²) in [5.41, 5.74) is 1.19. The van der Waals surface area contributed by atoms with Crippen molar-refractivity contribution in [2.24, 2.45) is 0 Å². The van der Waals surface area contributed by atoms with E-state index in [2.05, 4.69) is 0 Å². The first kappa shape index (κ1) is 33.8. The third kappa shape index (κ3) is 8.82. The third-order valence-corrected chi connectivity index (χ3v) is 6.33. The van der Waals surface area contributed by atoms with Gasteiger partial charge in [0.25, 0.3) is 0 Å². The molecule has 232 valence electrons. The zero-order valence-corrected chi connectivity index (χ0v) is 24.9. The van der Waals surface area contributed by atoms with Crippen molar-refractivity contribution in [1.29, 1.82) is 0 Å².